The Hall–Kier alpha value is -3.34. The molecule has 0 amide bonds. The van der Waals surface area contributed by atoms with Crippen LogP contribution in [0.1, 0.15) is 12.8 Å². The molecule has 0 atom stereocenters. The van der Waals surface area contributed by atoms with Gasteiger partial charge < -0.3 is 14.6 Å². The molecule has 1 N–H and O–H groups in total. The van der Waals surface area contributed by atoms with Crippen LogP contribution in [0.5, 0.6) is 5.75 Å². The van der Waals surface area contributed by atoms with Gasteiger partial charge in [-0.15, -0.1) is 0 Å². The fourth-order valence-corrected chi connectivity index (χ4v) is 3.37. The minimum absolute atomic E-state index is 0.524. The smallest absolute Gasteiger partial charge is 0.150 e. The summed E-state index contributed by atoms with van der Waals surface area (Å²) in [5.41, 5.74) is 4.23. The zero-order valence-electron chi connectivity index (χ0n) is 15.1. The van der Waals surface area contributed by atoms with Crippen LogP contribution in [-0.2, 0) is 0 Å². The first-order chi connectivity index (χ1) is 13.3. The third-order valence-electron chi connectivity index (χ3n) is 4.94. The molecule has 1 aliphatic carbocycles. The topological polar surface area (TPSA) is 52.0 Å². The molecule has 2 aromatic carbocycles. The number of fused-ring (bicyclic) bond motifs is 1. The third-order valence-corrected chi connectivity index (χ3v) is 4.94. The van der Waals surface area contributed by atoms with Gasteiger partial charge in [-0.2, -0.15) is 0 Å². The zero-order chi connectivity index (χ0) is 18.2. The Bertz CT molecular complexity index is 1080. The van der Waals surface area contributed by atoms with Crippen LogP contribution in [0.4, 0.5) is 5.82 Å². The number of methoxy groups -OCH3 is 1. The number of aromatic nitrogens is 3. The highest BCUT2D eigenvalue weighted by atomic mass is 16.5. The van der Waals surface area contributed by atoms with Gasteiger partial charge >= 0.3 is 0 Å². The SMILES string of the molecule is COc1ccc(-n2cc(-c3ccccc3)c3c(NC4CC4)ncnc32)cc1. The number of nitrogens with zero attached hydrogens (tertiary/aromatic N) is 3. The average Bonchev–Trinajstić information content (AvgIpc) is 3.46. The fraction of sp³-hybridized carbons (Fsp3) is 0.182. The minimum atomic E-state index is 0.524. The molecule has 1 fully saturated rings. The summed E-state index contributed by atoms with van der Waals surface area (Å²) in [6.07, 6.45) is 6.19. The molecule has 0 unspecified atom stereocenters. The second-order valence-corrected chi connectivity index (χ2v) is 6.82. The summed E-state index contributed by atoms with van der Waals surface area (Å²) < 4.78 is 7.41. The van der Waals surface area contributed by atoms with Crippen molar-refractivity contribution in [2.45, 2.75) is 18.9 Å². The minimum Gasteiger partial charge on any atom is -0.497 e. The van der Waals surface area contributed by atoms with Gasteiger partial charge in [-0.3, -0.25) is 0 Å². The molecule has 5 nitrogen and oxygen atoms in total. The summed E-state index contributed by atoms with van der Waals surface area (Å²) in [6.45, 7) is 0. The van der Waals surface area contributed by atoms with E-state index < -0.39 is 0 Å². The standard InChI is InChI=1S/C22H20N4O/c1-27-18-11-9-17(10-12-18)26-13-19(15-5-3-2-4-6-15)20-21(25-16-7-8-16)23-14-24-22(20)26/h2-6,9-14,16H,7-8H2,1H3,(H,23,24,25). The molecule has 27 heavy (non-hydrogen) atoms. The highest BCUT2D eigenvalue weighted by Gasteiger charge is 2.24. The van der Waals surface area contributed by atoms with E-state index in [1.807, 2.05) is 30.3 Å². The first kappa shape index (κ1) is 15.9. The highest BCUT2D eigenvalue weighted by Crippen LogP contribution is 2.37. The van der Waals surface area contributed by atoms with Crippen LogP contribution in [0.2, 0.25) is 0 Å². The summed E-state index contributed by atoms with van der Waals surface area (Å²) in [6, 6.07) is 19.0. The molecule has 5 rings (SSSR count). The van der Waals surface area contributed by atoms with Crippen molar-refractivity contribution in [3.05, 3.63) is 67.1 Å². The van der Waals surface area contributed by atoms with Crippen molar-refractivity contribution in [2.75, 3.05) is 12.4 Å². The Labute approximate surface area is 157 Å². The van der Waals surface area contributed by atoms with Gasteiger partial charge in [0.2, 0.25) is 0 Å². The normalized spacial score (nSPS) is 13.7. The van der Waals surface area contributed by atoms with Crippen LogP contribution in [0.3, 0.4) is 0 Å². The molecule has 2 heterocycles. The number of hydrogen-bond donors (Lipinski definition) is 1. The zero-order valence-corrected chi connectivity index (χ0v) is 15.1. The maximum atomic E-state index is 5.29. The lowest BCUT2D eigenvalue weighted by atomic mass is 10.1. The average molecular weight is 356 g/mol. The largest absolute Gasteiger partial charge is 0.497 e. The monoisotopic (exact) mass is 356 g/mol. The van der Waals surface area contributed by atoms with Gasteiger partial charge in [0.25, 0.3) is 0 Å². The van der Waals surface area contributed by atoms with Crippen molar-refractivity contribution in [3.8, 4) is 22.6 Å². The lowest BCUT2D eigenvalue weighted by Gasteiger charge is -2.08. The predicted molar refractivity (Wildman–Crippen MR) is 107 cm³/mol. The van der Waals surface area contributed by atoms with Crippen molar-refractivity contribution in [3.63, 3.8) is 0 Å². The Morgan fingerprint density at radius 2 is 1.78 bits per heavy atom. The van der Waals surface area contributed by atoms with Crippen molar-refractivity contribution in [1.29, 1.82) is 0 Å². The summed E-state index contributed by atoms with van der Waals surface area (Å²) in [7, 11) is 1.68. The summed E-state index contributed by atoms with van der Waals surface area (Å²) in [4.78, 5) is 9.17. The molecule has 0 saturated heterocycles. The van der Waals surface area contributed by atoms with Crippen molar-refractivity contribution < 1.29 is 4.74 Å². The fourth-order valence-electron chi connectivity index (χ4n) is 3.37. The molecule has 0 aliphatic heterocycles. The molecule has 0 bridgehead atoms. The molecular formula is C22H20N4O. The molecular weight excluding hydrogens is 336 g/mol. The summed E-state index contributed by atoms with van der Waals surface area (Å²) in [5.74, 6) is 1.75. The summed E-state index contributed by atoms with van der Waals surface area (Å²) >= 11 is 0. The van der Waals surface area contributed by atoms with E-state index in [0.717, 1.165) is 39.4 Å². The Balaban J connectivity index is 1.73. The van der Waals surface area contributed by atoms with E-state index in [1.165, 1.54) is 12.8 Å². The van der Waals surface area contributed by atoms with Crippen LogP contribution in [0.25, 0.3) is 27.8 Å². The van der Waals surface area contributed by atoms with Gasteiger partial charge in [-0.1, -0.05) is 30.3 Å². The van der Waals surface area contributed by atoms with Crippen LogP contribution < -0.4 is 10.1 Å². The van der Waals surface area contributed by atoms with Crippen LogP contribution >= 0.6 is 0 Å². The quantitative estimate of drug-likeness (QED) is 0.564. The van der Waals surface area contributed by atoms with E-state index in [2.05, 4.69) is 50.3 Å². The van der Waals surface area contributed by atoms with E-state index in [-0.39, 0.29) is 0 Å². The second-order valence-electron chi connectivity index (χ2n) is 6.82. The van der Waals surface area contributed by atoms with Gasteiger partial charge in [-0.25, -0.2) is 9.97 Å². The highest BCUT2D eigenvalue weighted by molar-refractivity contribution is 6.02. The van der Waals surface area contributed by atoms with Gasteiger partial charge in [0.15, 0.2) is 5.65 Å². The number of anilines is 1. The van der Waals surface area contributed by atoms with Gasteiger partial charge in [0, 0.05) is 23.5 Å². The number of ether oxygens (including phenoxy) is 1. The van der Waals surface area contributed by atoms with Gasteiger partial charge in [-0.05, 0) is 42.7 Å². The molecule has 1 saturated carbocycles. The van der Waals surface area contributed by atoms with E-state index in [9.17, 15) is 0 Å². The number of benzene rings is 2. The second kappa shape index (κ2) is 6.43. The van der Waals surface area contributed by atoms with E-state index in [0.29, 0.717) is 6.04 Å². The van der Waals surface area contributed by atoms with Crippen molar-refractivity contribution in [1.82, 2.24) is 14.5 Å². The first-order valence-corrected chi connectivity index (χ1v) is 9.16. The maximum Gasteiger partial charge on any atom is 0.150 e. The predicted octanol–water partition coefficient (Wildman–Crippen LogP) is 4.67. The van der Waals surface area contributed by atoms with Crippen LogP contribution in [0, 0.1) is 0 Å². The van der Waals surface area contributed by atoms with Gasteiger partial charge in [0.05, 0.1) is 12.5 Å². The Kier molecular flexibility index (Phi) is 3.78. The Morgan fingerprint density at radius 1 is 1.00 bits per heavy atom. The molecule has 0 spiro atoms. The molecule has 134 valence electrons. The van der Waals surface area contributed by atoms with E-state index >= 15 is 0 Å². The number of nitrogens with one attached hydrogen (secondary N) is 1. The van der Waals surface area contributed by atoms with E-state index in [4.69, 9.17) is 4.74 Å². The number of hydrogen-bond acceptors (Lipinski definition) is 4. The summed E-state index contributed by atoms with van der Waals surface area (Å²) in [5, 5.41) is 4.63. The maximum absolute atomic E-state index is 5.29. The van der Waals surface area contributed by atoms with Crippen LogP contribution in [-0.4, -0.2) is 27.7 Å². The molecule has 5 heteroatoms. The van der Waals surface area contributed by atoms with Crippen molar-refractivity contribution in [2.24, 2.45) is 0 Å². The van der Waals surface area contributed by atoms with Crippen molar-refractivity contribution >= 4 is 16.9 Å². The van der Waals surface area contributed by atoms with Crippen LogP contribution in [0.15, 0.2) is 67.1 Å². The van der Waals surface area contributed by atoms with E-state index in [1.54, 1.807) is 13.4 Å². The molecule has 4 aromatic rings. The third kappa shape index (κ3) is 2.91. The molecule has 1 aliphatic rings. The lowest BCUT2D eigenvalue weighted by Crippen LogP contribution is -2.04. The molecule has 0 radical (unpaired) electrons. The van der Waals surface area contributed by atoms with Gasteiger partial charge in [0.1, 0.15) is 17.9 Å². The lowest BCUT2D eigenvalue weighted by molar-refractivity contribution is 0.415. The molecule has 2 aromatic heterocycles. The number of rotatable bonds is 5. The first-order valence-electron chi connectivity index (χ1n) is 9.16. The Morgan fingerprint density at radius 3 is 2.48 bits per heavy atom.